The van der Waals surface area contributed by atoms with Crippen LogP contribution in [0.15, 0.2) is 23.5 Å². The normalized spacial score (nSPS) is 52.1. The van der Waals surface area contributed by atoms with Gasteiger partial charge in [0.1, 0.15) is 48.5 Å². The topological polar surface area (TPSA) is 262 Å². The molecule has 0 aromatic carbocycles. The number of allylic oxidation sites excluding steroid dienone is 4. The smallest absolute Gasteiger partial charge is 0.229 e. The number of aliphatic hydroxyl groups excluding tert-OH is 7. The van der Waals surface area contributed by atoms with Crippen LogP contribution in [0.3, 0.4) is 0 Å². The van der Waals surface area contributed by atoms with Crippen molar-refractivity contribution < 1.29 is 79.2 Å². The van der Waals surface area contributed by atoms with E-state index in [1.165, 1.54) is 20.8 Å². The van der Waals surface area contributed by atoms with E-state index in [-0.39, 0.29) is 30.3 Å². The molecule has 16 heteroatoms. The standard InChI is InChI=1S/C42H64O16/c1-17-26(45)28(47)30(49)35(54-17)58-31-29(48)27(46)23(16-43)57-36(31)56-20-12-19-18(37(2,3)33(20)50)10-11-24-39(6)13-21-32(40(39,7)15-25(44)42(19,24)9)41(8,53)14-22(55-21)34(51)38(4,5)52/h10,12,17,19,21-24,26-32,34-36,43,45-49,51-53H,11,13-16H2,1-9H3/t17-,19+,21+,22+,23+,24-,26-,27+,28+,29-,30+,31+,32-,34-,35-,36+,39-,40+,41-,42-/m0/s1. The first kappa shape index (κ1) is 44.2. The number of hydrogen-bond acceptors (Lipinski definition) is 16. The van der Waals surface area contributed by atoms with Crippen LogP contribution in [0.4, 0.5) is 0 Å². The Morgan fingerprint density at radius 1 is 0.879 bits per heavy atom. The highest BCUT2D eigenvalue weighted by molar-refractivity contribution is 6.02. The SMILES string of the molecule is C[C@@H]1O[C@@H](O[C@H]2[C@H](OC3=C[C@@H]4C(=CC[C@@H]5[C@@]4(C)C(=O)C[C@]4(C)[C@@H]6[C@@H](C[C@@]54C)O[C@@H]([C@H](O)C(C)(C)O)C[C@]6(C)O)C(C)(C)C3=O)O[C@H](CO)[C@@H](O)[C@@H]2O)[C@H](O)[C@H](O)[C@H]1O. The molecule has 3 aliphatic heterocycles. The largest absolute Gasteiger partial charge is 0.459 e. The quantitative estimate of drug-likeness (QED) is 0.150. The van der Waals surface area contributed by atoms with Crippen LogP contribution in [-0.4, -0.2) is 155 Å². The van der Waals surface area contributed by atoms with Crippen molar-refractivity contribution in [1.82, 2.24) is 0 Å². The fourth-order valence-corrected chi connectivity index (χ4v) is 12.4. The van der Waals surface area contributed by atoms with Crippen LogP contribution in [0.2, 0.25) is 0 Å². The van der Waals surface area contributed by atoms with Gasteiger partial charge in [-0.15, -0.1) is 0 Å². The maximum Gasteiger partial charge on any atom is 0.229 e. The average Bonchev–Trinajstić information content (AvgIpc) is 3.37. The molecule has 2 saturated carbocycles. The van der Waals surface area contributed by atoms with Gasteiger partial charge in [-0.25, -0.2) is 0 Å². The highest BCUT2D eigenvalue weighted by Gasteiger charge is 2.75. The van der Waals surface area contributed by atoms with Crippen molar-refractivity contribution in [3.63, 3.8) is 0 Å². The van der Waals surface area contributed by atoms with Crippen LogP contribution in [0.5, 0.6) is 0 Å². The maximum absolute atomic E-state index is 15.0. The monoisotopic (exact) mass is 824 g/mol. The lowest BCUT2D eigenvalue weighted by atomic mass is 9.39. The van der Waals surface area contributed by atoms with E-state index < -0.39 is 137 Å². The van der Waals surface area contributed by atoms with Gasteiger partial charge in [0.2, 0.25) is 12.1 Å². The summed E-state index contributed by atoms with van der Waals surface area (Å²) < 4.78 is 30.3. The Kier molecular flexibility index (Phi) is 10.9. The molecule has 58 heavy (non-hydrogen) atoms. The van der Waals surface area contributed by atoms with E-state index in [0.717, 1.165) is 5.57 Å². The van der Waals surface area contributed by atoms with Crippen molar-refractivity contribution in [3.8, 4) is 0 Å². The van der Waals surface area contributed by atoms with Crippen LogP contribution in [-0.2, 0) is 33.3 Å². The number of fused-ring (bicyclic) bond motifs is 7. The third-order valence-electron chi connectivity index (χ3n) is 15.9. The summed E-state index contributed by atoms with van der Waals surface area (Å²) >= 11 is 0. The van der Waals surface area contributed by atoms with E-state index in [9.17, 15) is 50.8 Å². The number of aliphatic hydroxyl groups is 9. The molecule has 3 saturated heterocycles. The molecule has 20 atom stereocenters. The molecule has 5 fully saturated rings. The van der Waals surface area contributed by atoms with Crippen molar-refractivity contribution in [2.45, 2.75) is 179 Å². The maximum atomic E-state index is 15.0. The summed E-state index contributed by atoms with van der Waals surface area (Å²) in [7, 11) is 0. The molecule has 0 unspecified atom stereocenters. The molecule has 3 heterocycles. The van der Waals surface area contributed by atoms with Crippen LogP contribution < -0.4 is 0 Å². The molecule has 7 rings (SSSR count). The van der Waals surface area contributed by atoms with E-state index >= 15 is 4.79 Å². The zero-order valence-electron chi connectivity index (χ0n) is 34.8. The lowest BCUT2D eigenvalue weighted by Gasteiger charge is -2.64. The Bertz CT molecular complexity index is 1700. The van der Waals surface area contributed by atoms with E-state index in [2.05, 4.69) is 6.92 Å². The zero-order valence-corrected chi connectivity index (χ0v) is 34.8. The summed E-state index contributed by atoms with van der Waals surface area (Å²) in [6.07, 6.45) is -13.7. The molecule has 0 aromatic rings. The molecule has 0 radical (unpaired) electrons. The van der Waals surface area contributed by atoms with Gasteiger partial charge in [-0.05, 0) is 77.2 Å². The number of ketones is 2. The van der Waals surface area contributed by atoms with Gasteiger partial charge in [0.15, 0.2) is 18.2 Å². The van der Waals surface area contributed by atoms with Gasteiger partial charge < -0.3 is 69.6 Å². The Balaban J connectivity index is 1.24. The molecule has 0 amide bonds. The number of rotatable bonds is 7. The fourth-order valence-electron chi connectivity index (χ4n) is 12.4. The van der Waals surface area contributed by atoms with E-state index in [1.807, 2.05) is 19.9 Å². The molecule has 0 spiro atoms. The highest BCUT2D eigenvalue weighted by atomic mass is 16.8. The van der Waals surface area contributed by atoms with Gasteiger partial charge in [0.25, 0.3) is 0 Å². The van der Waals surface area contributed by atoms with Crippen molar-refractivity contribution in [3.05, 3.63) is 23.5 Å². The second kappa shape index (κ2) is 14.3. The minimum atomic E-state index is -1.81. The summed E-state index contributed by atoms with van der Waals surface area (Å²) in [5, 5.41) is 97.4. The molecule has 0 aromatic heterocycles. The van der Waals surface area contributed by atoms with Gasteiger partial charge in [-0.2, -0.15) is 0 Å². The summed E-state index contributed by atoms with van der Waals surface area (Å²) in [6, 6.07) is 0. The number of Topliss-reactive ketones (excluding diaryl/α,β-unsaturated/α-hetero) is 2. The van der Waals surface area contributed by atoms with Gasteiger partial charge >= 0.3 is 0 Å². The Labute approximate surface area is 338 Å². The van der Waals surface area contributed by atoms with Gasteiger partial charge in [-0.1, -0.05) is 32.4 Å². The number of carbonyl (C=O) groups excluding carboxylic acids is 2. The van der Waals surface area contributed by atoms with Crippen LogP contribution >= 0.6 is 0 Å². The van der Waals surface area contributed by atoms with Gasteiger partial charge in [0, 0.05) is 30.1 Å². The summed E-state index contributed by atoms with van der Waals surface area (Å²) in [5.41, 5.74) is -5.70. The van der Waals surface area contributed by atoms with Crippen LogP contribution in [0, 0.1) is 39.4 Å². The Hall–Kier alpha value is -1.90. The van der Waals surface area contributed by atoms with E-state index in [1.54, 1.807) is 26.8 Å². The third kappa shape index (κ3) is 6.34. The minimum Gasteiger partial charge on any atom is -0.459 e. The molecule has 328 valence electrons. The minimum absolute atomic E-state index is 0.0590. The number of hydrogen-bond donors (Lipinski definition) is 9. The number of ether oxygens (including phenoxy) is 5. The summed E-state index contributed by atoms with van der Waals surface area (Å²) in [4.78, 5) is 29.4. The predicted molar refractivity (Wildman–Crippen MR) is 201 cm³/mol. The lowest BCUT2D eigenvalue weighted by molar-refractivity contribution is -0.360. The fraction of sp³-hybridized carbons (Fsp3) is 0.857. The van der Waals surface area contributed by atoms with E-state index in [4.69, 9.17) is 23.7 Å². The highest BCUT2D eigenvalue weighted by Crippen LogP contribution is 2.75. The molecule has 9 N–H and O–H groups in total. The molecule has 16 nitrogen and oxygen atoms in total. The van der Waals surface area contributed by atoms with Crippen molar-refractivity contribution >= 4 is 11.6 Å². The molecular weight excluding hydrogens is 760 g/mol. The predicted octanol–water partition coefficient (Wildman–Crippen LogP) is -0.238. The molecule has 7 aliphatic rings. The van der Waals surface area contributed by atoms with Crippen molar-refractivity contribution in [1.29, 1.82) is 0 Å². The van der Waals surface area contributed by atoms with Gasteiger partial charge in [0.05, 0.1) is 41.5 Å². The summed E-state index contributed by atoms with van der Waals surface area (Å²) in [5.74, 6) is -2.16. The van der Waals surface area contributed by atoms with Crippen molar-refractivity contribution in [2.24, 2.45) is 39.4 Å². The lowest BCUT2D eigenvalue weighted by Crippen LogP contribution is -2.65. The average molecular weight is 825 g/mol. The van der Waals surface area contributed by atoms with Crippen LogP contribution in [0.1, 0.15) is 88.0 Å². The second-order valence-electron chi connectivity index (χ2n) is 20.3. The zero-order chi connectivity index (χ0) is 43.0. The molecular formula is C42H64O16. The van der Waals surface area contributed by atoms with Gasteiger partial charge in [-0.3, -0.25) is 9.59 Å². The Morgan fingerprint density at radius 2 is 1.53 bits per heavy atom. The Morgan fingerprint density at radius 3 is 2.16 bits per heavy atom. The molecule has 0 bridgehead atoms. The molecule has 4 aliphatic carbocycles. The van der Waals surface area contributed by atoms with Crippen LogP contribution in [0.25, 0.3) is 0 Å². The first-order valence-electron chi connectivity index (χ1n) is 20.6. The first-order valence-corrected chi connectivity index (χ1v) is 20.6. The van der Waals surface area contributed by atoms with Crippen molar-refractivity contribution in [2.75, 3.05) is 6.61 Å². The van der Waals surface area contributed by atoms with E-state index in [0.29, 0.717) is 12.8 Å². The first-order chi connectivity index (χ1) is 26.7. The number of carbonyl (C=O) groups is 2. The second-order valence-corrected chi connectivity index (χ2v) is 20.3. The summed E-state index contributed by atoms with van der Waals surface area (Å²) in [6.45, 7) is 15.0. The third-order valence-corrected chi connectivity index (χ3v) is 15.9.